The second-order valence-electron chi connectivity index (χ2n) is 1.55. The lowest BCUT2D eigenvalue weighted by molar-refractivity contribution is 2.15. The third-order valence-electron chi connectivity index (χ3n) is 0.603. The molecule has 0 aromatic rings. The number of rotatable bonds is 6. The van der Waals surface area contributed by atoms with Crippen LogP contribution in [-0.2, 0) is 39.3 Å². The minimum Gasteiger partial charge on any atom is -0.0955 e. The van der Waals surface area contributed by atoms with Gasteiger partial charge >= 0.3 is 0 Å². The van der Waals surface area contributed by atoms with Crippen LogP contribution < -0.4 is 0 Å². The molecule has 8 heteroatoms. The van der Waals surface area contributed by atoms with Gasteiger partial charge in [-0.05, 0) is 41.1 Å². The topological polar surface area (TPSA) is 0 Å². The van der Waals surface area contributed by atoms with E-state index in [2.05, 4.69) is 18.8 Å². The summed E-state index contributed by atoms with van der Waals surface area (Å²) in [7, 11) is 7.40. The van der Waals surface area contributed by atoms with Gasteiger partial charge in [0, 0.05) is 0 Å². The highest BCUT2D eigenvalue weighted by Gasteiger charge is 2.11. The van der Waals surface area contributed by atoms with Gasteiger partial charge in [0.15, 0.2) is 0 Å². The van der Waals surface area contributed by atoms with E-state index in [1.807, 2.05) is 32.4 Å². The fourth-order valence-electron chi connectivity index (χ4n) is 0.348. The van der Waals surface area contributed by atoms with Gasteiger partial charge in [0.05, 0.1) is 0 Å². The quantitative estimate of drug-likeness (QED) is 0.542. The molecule has 0 saturated carbocycles. The zero-order valence-corrected chi connectivity index (χ0v) is 13.4. The van der Waals surface area contributed by atoms with Gasteiger partial charge in [-0.25, -0.2) is 0 Å². The summed E-state index contributed by atoms with van der Waals surface area (Å²) in [6, 6.07) is 0. The first-order chi connectivity index (χ1) is 5.56. The number of hydrogen-bond donors (Lipinski definition) is 0. The summed E-state index contributed by atoms with van der Waals surface area (Å²) in [5, 5.41) is 0. The summed E-state index contributed by atoms with van der Waals surface area (Å²) in [4.78, 5) is 0. The lowest BCUT2D eigenvalue weighted by Crippen LogP contribution is -1.92. The molecule has 0 heterocycles. The third-order valence-corrected chi connectivity index (χ3v) is 11.1. The van der Waals surface area contributed by atoms with Crippen molar-refractivity contribution in [3.63, 3.8) is 0 Å². The van der Waals surface area contributed by atoms with Gasteiger partial charge in [-0.2, -0.15) is 0 Å². The Bertz CT molecular complexity index is 148. The van der Waals surface area contributed by atoms with Crippen LogP contribution in [0.1, 0.15) is 0 Å². The minimum absolute atomic E-state index is 0.0396. The van der Waals surface area contributed by atoms with E-state index in [9.17, 15) is 0 Å². The molecule has 2 unspecified atom stereocenters. The molecule has 0 amide bonds. The maximum Gasteiger partial charge on any atom is 0.127 e. The Morgan fingerprint density at radius 2 is 1.50 bits per heavy atom. The summed E-state index contributed by atoms with van der Waals surface area (Å²) in [5.41, 5.74) is 0. The molecule has 0 aliphatic carbocycles. The van der Waals surface area contributed by atoms with E-state index in [4.69, 9.17) is 22.4 Å². The highest BCUT2D eigenvalue weighted by molar-refractivity contribution is 8.96. The average Bonchev–Trinajstić information content (AvgIpc) is 1.84. The normalized spacial score (nSPS) is 18.6. The summed E-state index contributed by atoms with van der Waals surface area (Å²) in [6.07, 6.45) is 6.24. The molecule has 0 aromatic heterocycles. The molecule has 0 aliphatic rings. The second kappa shape index (κ2) is 8.82. The molecule has 0 radical (unpaired) electrons. The number of hydrogen-bond acceptors (Lipinski definition) is 6. The van der Waals surface area contributed by atoms with Crippen molar-refractivity contribution in [3.8, 4) is 0 Å². The first-order valence-corrected chi connectivity index (χ1v) is 13.3. The molecule has 0 aliphatic heterocycles. The smallest absolute Gasteiger partial charge is 0.0955 e. The van der Waals surface area contributed by atoms with Gasteiger partial charge in [0.25, 0.3) is 0 Å². The monoisotopic (exact) mass is 314 g/mol. The Balaban J connectivity index is 3.85. The molecule has 0 spiro atoms. The lowest BCUT2D eigenvalue weighted by Gasteiger charge is -2.12. The molecule has 2 atom stereocenters. The van der Waals surface area contributed by atoms with Gasteiger partial charge < -0.3 is 0 Å². The fraction of sp³-hybridized carbons (Fsp3) is 1.00. The first-order valence-electron chi connectivity index (χ1n) is 2.77. The minimum atomic E-state index is 0.0396. The zero-order valence-electron chi connectivity index (χ0n) is 6.84. The van der Waals surface area contributed by atoms with Gasteiger partial charge in [-0.1, -0.05) is 60.1 Å². The maximum absolute atomic E-state index is 5.15. The maximum atomic E-state index is 5.15. The summed E-state index contributed by atoms with van der Waals surface area (Å²) in [6.45, 7) is 0. The van der Waals surface area contributed by atoms with Crippen molar-refractivity contribution in [1.82, 2.24) is 0 Å². The molecule has 0 N–H and O–H groups in total. The standard InChI is InChI=1S/C4H10S8/c1-7-8-4(9-11(2)5)10-12(3)6/h4H,1-3H3. The Kier molecular flexibility index (Phi) is 10.7. The van der Waals surface area contributed by atoms with E-state index < -0.39 is 0 Å². The molecule has 12 heavy (non-hydrogen) atoms. The summed E-state index contributed by atoms with van der Waals surface area (Å²) >= 11 is 10.3. The molecular formula is C4H10S8. The van der Waals surface area contributed by atoms with Crippen molar-refractivity contribution in [2.75, 3.05) is 18.8 Å². The fourth-order valence-corrected chi connectivity index (χ4v) is 15.5. The van der Waals surface area contributed by atoms with E-state index in [-0.39, 0.29) is 17.0 Å². The van der Waals surface area contributed by atoms with Gasteiger partial charge in [0.1, 0.15) is 3.91 Å². The van der Waals surface area contributed by atoms with Crippen LogP contribution in [0, 0.1) is 0 Å². The second-order valence-corrected chi connectivity index (χ2v) is 16.4. The van der Waals surface area contributed by atoms with E-state index in [0.29, 0.717) is 3.91 Å². The zero-order chi connectivity index (χ0) is 9.56. The summed E-state index contributed by atoms with van der Waals surface area (Å²) in [5.74, 6) is 0. The van der Waals surface area contributed by atoms with Crippen molar-refractivity contribution in [2.24, 2.45) is 0 Å². The van der Waals surface area contributed by atoms with Crippen molar-refractivity contribution < 1.29 is 0 Å². The highest BCUT2D eigenvalue weighted by Crippen LogP contribution is 2.42. The predicted octanol–water partition coefficient (Wildman–Crippen LogP) is 3.00. The van der Waals surface area contributed by atoms with Crippen molar-refractivity contribution in [3.05, 3.63) is 0 Å². The Hall–Kier alpha value is 2.54. The van der Waals surface area contributed by atoms with E-state index in [1.165, 1.54) is 0 Å². The average molecular weight is 315 g/mol. The molecular weight excluding hydrogens is 305 g/mol. The van der Waals surface area contributed by atoms with Crippen LogP contribution in [0.25, 0.3) is 0 Å². The molecule has 0 nitrogen and oxygen atoms in total. The molecule has 0 fully saturated rings. The molecule has 74 valence electrons. The van der Waals surface area contributed by atoms with E-state index >= 15 is 0 Å². The van der Waals surface area contributed by atoms with Gasteiger partial charge in [-0.15, -0.1) is 0 Å². The van der Waals surface area contributed by atoms with Crippen LogP contribution in [0.3, 0.4) is 0 Å². The third kappa shape index (κ3) is 9.11. The molecule has 0 aromatic carbocycles. The van der Waals surface area contributed by atoms with Crippen LogP contribution in [0.2, 0.25) is 0 Å². The first kappa shape index (κ1) is 14.5. The highest BCUT2D eigenvalue weighted by atomic mass is 33.4. The van der Waals surface area contributed by atoms with Crippen molar-refractivity contribution in [1.29, 1.82) is 0 Å². The van der Waals surface area contributed by atoms with Crippen molar-refractivity contribution in [2.45, 2.75) is 3.91 Å². The van der Waals surface area contributed by atoms with E-state index in [0.717, 1.165) is 0 Å². The Morgan fingerprint density at radius 1 is 1.08 bits per heavy atom. The lowest BCUT2D eigenvalue weighted by atomic mass is 11.9. The molecule has 0 saturated heterocycles. The Morgan fingerprint density at radius 3 is 1.75 bits per heavy atom. The van der Waals surface area contributed by atoms with Crippen LogP contribution >= 0.6 is 43.2 Å². The predicted molar refractivity (Wildman–Crippen MR) is 81.4 cm³/mol. The van der Waals surface area contributed by atoms with Crippen LogP contribution in [0.15, 0.2) is 0 Å². The van der Waals surface area contributed by atoms with Gasteiger partial charge in [0.2, 0.25) is 0 Å². The Labute approximate surface area is 104 Å². The largest absolute Gasteiger partial charge is 0.127 e. The molecule has 0 bridgehead atoms. The van der Waals surface area contributed by atoms with Gasteiger partial charge in [-0.3, -0.25) is 0 Å². The summed E-state index contributed by atoms with van der Waals surface area (Å²) < 4.78 is 0.511. The van der Waals surface area contributed by atoms with E-state index in [1.54, 1.807) is 10.8 Å². The van der Waals surface area contributed by atoms with Crippen LogP contribution in [0.4, 0.5) is 0 Å². The SMILES string of the molecule is CSSC(SS(C)=S)SS(C)=S. The van der Waals surface area contributed by atoms with Crippen molar-refractivity contribution >= 4 is 82.5 Å². The molecule has 0 rings (SSSR count). The van der Waals surface area contributed by atoms with Crippen LogP contribution in [-0.4, -0.2) is 22.7 Å². The van der Waals surface area contributed by atoms with Crippen LogP contribution in [0.5, 0.6) is 0 Å².